The molecular weight excluding hydrogens is 273 g/mol. The first-order chi connectivity index (χ1) is 6.89. The van der Waals surface area contributed by atoms with Gasteiger partial charge in [-0.1, -0.05) is 33.6 Å². The molecule has 0 radical (unpaired) electrons. The number of benzene rings is 1. The molecule has 0 atom stereocenters. The van der Waals surface area contributed by atoms with E-state index in [4.69, 9.17) is 11.6 Å². The Kier molecular flexibility index (Phi) is 2.60. The van der Waals surface area contributed by atoms with E-state index in [1.165, 1.54) is 11.1 Å². The minimum Gasteiger partial charge on any atom is -0.375 e. The summed E-state index contributed by atoms with van der Waals surface area (Å²) < 4.78 is 1.01. The van der Waals surface area contributed by atoms with Gasteiger partial charge in [0.25, 0.3) is 0 Å². The number of hydrogen-bond donors (Lipinski definition) is 1. The fourth-order valence-corrected chi connectivity index (χ4v) is 2.85. The van der Waals surface area contributed by atoms with Crippen molar-refractivity contribution in [2.75, 3.05) is 5.32 Å². The summed E-state index contributed by atoms with van der Waals surface area (Å²) in [5.74, 6) is 0. The molecule has 80 valence electrons. The van der Waals surface area contributed by atoms with Crippen molar-refractivity contribution in [3.8, 4) is 0 Å². The van der Waals surface area contributed by atoms with Crippen LogP contribution in [0.3, 0.4) is 0 Å². The summed E-state index contributed by atoms with van der Waals surface area (Å²) in [5, 5.41) is 4.20. The SMILES string of the molecule is CC1=CC(C)(C)Nc2c(Cl)cc(Br)cc21. The Morgan fingerprint density at radius 1 is 1.33 bits per heavy atom. The lowest BCUT2D eigenvalue weighted by Crippen LogP contribution is -2.31. The van der Waals surface area contributed by atoms with Crippen molar-refractivity contribution in [1.82, 2.24) is 0 Å². The van der Waals surface area contributed by atoms with Gasteiger partial charge >= 0.3 is 0 Å². The van der Waals surface area contributed by atoms with E-state index < -0.39 is 0 Å². The zero-order valence-electron chi connectivity index (χ0n) is 8.99. The van der Waals surface area contributed by atoms with Gasteiger partial charge in [0.05, 0.1) is 16.2 Å². The summed E-state index contributed by atoms with van der Waals surface area (Å²) in [6.45, 7) is 6.39. The first-order valence-electron chi connectivity index (χ1n) is 4.86. The van der Waals surface area contributed by atoms with Crippen LogP contribution < -0.4 is 5.32 Å². The number of allylic oxidation sites excluding steroid dienone is 1. The van der Waals surface area contributed by atoms with Crippen LogP contribution in [0, 0.1) is 0 Å². The van der Waals surface area contributed by atoms with Crippen LogP contribution in [-0.4, -0.2) is 5.54 Å². The van der Waals surface area contributed by atoms with Crippen molar-refractivity contribution >= 4 is 38.8 Å². The van der Waals surface area contributed by atoms with Gasteiger partial charge in [-0.05, 0) is 38.5 Å². The number of rotatable bonds is 0. The van der Waals surface area contributed by atoms with Crippen molar-refractivity contribution in [2.45, 2.75) is 26.3 Å². The second-order valence-corrected chi connectivity index (χ2v) is 5.81. The van der Waals surface area contributed by atoms with E-state index in [2.05, 4.69) is 54.2 Å². The molecule has 0 unspecified atom stereocenters. The Morgan fingerprint density at radius 2 is 2.00 bits per heavy atom. The molecule has 2 rings (SSSR count). The maximum Gasteiger partial charge on any atom is 0.0655 e. The molecule has 0 saturated carbocycles. The Morgan fingerprint density at radius 3 is 2.67 bits per heavy atom. The van der Waals surface area contributed by atoms with E-state index in [1.807, 2.05) is 6.07 Å². The van der Waals surface area contributed by atoms with E-state index in [9.17, 15) is 0 Å². The van der Waals surface area contributed by atoms with Gasteiger partial charge < -0.3 is 5.32 Å². The van der Waals surface area contributed by atoms with Crippen LogP contribution in [0.2, 0.25) is 5.02 Å². The summed E-state index contributed by atoms with van der Waals surface area (Å²) in [6, 6.07) is 4.01. The third-order valence-corrected chi connectivity index (χ3v) is 3.26. The van der Waals surface area contributed by atoms with Crippen LogP contribution in [0.15, 0.2) is 22.7 Å². The molecule has 1 aromatic carbocycles. The van der Waals surface area contributed by atoms with Crippen molar-refractivity contribution in [1.29, 1.82) is 0 Å². The van der Waals surface area contributed by atoms with Crippen molar-refractivity contribution in [3.63, 3.8) is 0 Å². The zero-order chi connectivity index (χ0) is 11.2. The van der Waals surface area contributed by atoms with Crippen molar-refractivity contribution in [3.05, 3.63) is 33.3 Å². The molecule has 0 saturated heterocycles. The number of halogens is 2. The molecule has 0 fully saturated rings. The molecule has 0 amide bonds. The molecule has 0 aliphatic carbocycles. The van der Waals surface area contributed by atoms with Crippen LogP contribution in [-0.2, 0) is 0 Å². The van der Waals surface area contributed by atoms with Crippen molar-refractivity contribution in [2.24, 2.45) is 0 Å². The molecule has 3 heteroatoms. The molecule has 0 aromatic heterocycles. The summed E-state index contributed by atoms with van der Waals surface area (Å²) in [6.07, 6.45) is 2.22. The van der Waals surface area contributed by atoms with Gasteiger partial charge in [-0.15, -0.1) is 0 Å². The van der Waals surface area contributed by atoms with E-state index in [1.54, 1.807) is 0 Å². The lowest BCUT2D eigenvalue weighted by Gasteiger charge is -2.32. The second kappa shape index (κ2) is 3.53. The maximum atomic E-state index is 6.22. The Bertz CT molecular complexity index is 449. The third-order valence-electron chi connectivity index (χ3n) is 2.50. The molecule has 1 aliphatic heterocycles. The third kappa shape index (κ3) is 2.06. The Balaban J connectivity index is 2.65. The average molecular weight is 287 g/mol. The van der Waals surface area contributed by atoms with E-state index in [0.29, 0.717) is 0 Å². The van der Waals surface area contributed by atoms with Crippen LogP contribution in [0.1, 0.15) is 26.3 Å². The summed E-state index contributed by atoms with van der Waals surface area (Å²) in [7, 11) is 0. The zero-order valence-corrected chi connectivity index (χ0v) is 11.3. The van der Waals surface area contributed by atoms with E-state index >= 15 is 0 Å². The summed E-state index contributed by atoms with van der Waals surface area (Å²) in [5.41, 5.74) is 3.43. The van der Waals surface area contributed by atoms with Crippen molar-refractivity contribution < 1.29 is 0 Å². The summed E-state index contributed by atoms with van der Waals surface area (Å²) in [4.78, 5) is 0. The largest absolute Gasteiger partial charge is 0.375 e. The first kappa shape index (κ1) is 11.0. The minimum atomic E-state index is -0.0332. The minimum absolute atomic E-state index is 0.0332. The van der Waals surface area contributed by atoms with E-state index in [0.717, 1.165) is 15.2 Å². The normalized spacial score (nSPS) is 17.8. The monoisotopic (exact) mass is 285 g/mol. The molecule has 0 bridgehead atoms. The standard InChI is InChI=1S/C12H13BrClN/c1-7-6-12(2,3)15-11-9(7)4-8(13)5-10(11)14/h4-6,15H,1-3H3. The fourth-order valence-electron chi connectivity index (χ4n) is 1.99. The van der Waals surface area contributed by atoms with Gasteiger partial charge in [-0.2, -0.15) is 0 Å². The Labute approximate surface area is 104 Å². The smallest absolute Gasteiger partial charge is 0.0655 e. The number of anilines is 1. The topological polar surface area (TPSA) is 12.0 Å². The molecule has 1 heterocycles. The first-order valence-corrected chi connectivity index (χ1v) is 6.03. The second-order valence-electron chi connectivity index (χ2n) is 4.48. The number of fused-ring (bicyclic) bond motifs is 1. The van der Waals surface area contributed by atoms with Crippen LogP contribution in [0.25, 0.3) is 5.57 Å². The lowest BCUT2D eigenvalue weighted by molar-refractivity contribution is 0.707. The molecule has 1 N–H and O–H groups in total. The molecule has 1 aliphatic rings. The predicted molar refractivity (Wildman–Crippen MR) is 70.5 cm³/mol. The van der Waals surface area contributed by atoms with Gasteiger partial charge in [0.1, 0.15) is 0 Å². The number of nitrogens with one attached hydrogen (secondary N) is 1. The highest BCUT2D eigenvalue weighted by Crippen LogP contribution is 2.40. The average Bonchev–Trinajstić information content (AvgIpc) is 2.06. The quantitative estimate of drug-likeness (QED) is 0.728. The predicted octanol–water partition coefficient (Wildman–Crippen LogP) is 4.71. The maximum absolute atomic E-state index is 6.22. The van der Waals surface area contributed by atoms with Gasteiger partial charge in [0, 0.05) is 10.0 Å². The van der Waals surface area contributed by atoms with E-state index in [-0.39, 0.29) is 5.54 Å². The highest BCUT2D eigenvalue weighted by atomic mass is 79.9. The molecular formula is C12H13BrClN. The molecule has 15 heavy (non-hydrogen) atoms. The van der Waals surface area contributed by atoms with Crippen LogP contribution in [0.4, 0.5) is 5.69 Å². The van der Waals surface area contributed by atoms with Gasteiger partial charge in [-0.3, -0.25) is 0 Å². The van der Waals surface area contributed by atoms with Gasteiger partial charge in [0.2, 0.25) is 0 Å². The van der Waals surface area contributed by atoms with Crippen LogP contribution in [0.5, 0.6) is 0 Å². The Hall–Kier alpha value is -0.470. The summed E-state index contributed by atoms with van der Waals surface area (Å²) >= 11 is 9.68. The van der Waals surface area contributed by atoms with Gasteiger partial charge in [-0.25, -0.2) is 0 Å². The molecule has 1 nitrogen and oxygen atoms in total. The van der Waals surface area contributed by atoms with Crippen LogP contribution >= 0.6 is 27.5 Å². The molecule has 0 spiro atoms. The highest BCUT2D eigenvalue weighted by molar-refractivity contribution is 9.10. The lowest BCUT2D eigenvalue weighted by atomic mass is 9.91. The molecule has 1 aromatic rings. The fraction of sp³-hybridized carbons (Fsp3) is 0.333. The number of hydrogen-bond acceptors (Lipinski definition) is 1. The van der Waals surface area contributed by atoms with Gasteiger partial charge in [0.15, 0.2) is 0 Å². The highest BCUT2D eigenvalue weighted by Gasteiger charge is 2.24.